The third-order valence-electron chi connectivity index (χ3n) is 5.01. The lowest BCUT2D eigenvalue weighted by molar-refractivity contribution is 0.346. The largest absolute Gasteiger partial charge is 0.337 e. The molecule has 0 N–H and O–H groups in total. The smallest absolute Gasteiger partial charge is 0.248 e. The highest BCUT2D eigenvalue weighted by Gasteiger charge is 2.32. The molecule has 0 bridgehead atoms. The van der Waals surface area contributed by atoms with E-state index in [1.54, 1.807) is 22.8 Å². The van der Waals surface area contributed by atoms with E-state index in [9.17, 15) is 8.42 Å². The number of benzene rings is 1. The van der Waals surface area contributed by atoms with E-state index >= 15 is 0 Å². The van der Waals surface area contributed by atoms with Crippen LogP contribution in [0.5, 0.6) is 0 Å². The highest BCUT2D eigenvalue weighted by atomic mass is 32.2. The summed E-state index contributed by atoms with van der Waals surface area (Å²) in [7, 11) is -3.55. The van der Waals surface area contributed by atoms with E-state index in [2.05, 4.69) is 15.2 Å². The lowest BCUT2D eigenvalue weighted by Gasteiger charge is -2.25. The van der Waals surface area contributed by atoms with Crippen LogP contribution in [0.1, 0.15) is 36.5 Å². The van der Waals surface area contributed by atoms with Gasteiger partial charge in [0.15, 0.2) is 0 Å². The Balaban J connectivity index is 1.61. The number of hydrogen-bond donors (Lipinski definition) is 0. The highest BCUT2D eigenvalue weighted by molar-refractivity contribution is 7.89. The van der Waals surface area contributed by atoms with Crippen LogP contribution >= 0.6 is 0 Å². The van der Waals surface area contributed by atoms with Crippen molar-refractivity contribution in [1.29, 1.82) is 0 Å². The Labute approximate surface area is 164 Å². The second-order valence-corrected chi connectivity index (χ2v) is 8.87. The van der Waals surface area contributed by atoms with Crippen LogP contribution in [0.2, 0.25) is 0 Å². The maximum Gasteiger partial charge on any atom is 0.248 e. The van der Waals surface area contributed by atoms with Gasteiger partial charge in [0, 0.05) is 18.7 Å². The molecule has 0 amide bonds. The summed E-state index contributed by atoms with van der Waals surface area (Å²) in [5.74, 6) is 0.879. The molecule has 1 aliphatic rings. The van der Waals surface area contributed by atoms with Crippen LogP contribution in [0.4, 0.5) is 0 Å². The van der Waals surface area contributed by atoms with Crippen molar-refractivity contribution in [2.45, 2.75) is 44.6 Å². The molecule has 9 heteroatoms. The van der Waals surface area contributed by atoms with Crippen LogP contribution in [0.25, 0.3) is 11.4 Å². The van der Waals surface area contributed by atoms with Gasteiger partial charge < -0.3 is 4.52 Å². The van der Waals surface area contributed by atoms with Crippen molar-refractivity contribution in [1.82, 2.24) is 24.2 Å². The highest BCUT2D eigenvalue weighted by Crippen LogP contribution is 2.26. The molecule has 0 spiro atoms. The van der Waals surface area contributed by atoms with Gasteiger partial charge in [-0.2, -0.15) is 14.4 Å². The average molecular weight is 401 g/mol. The van der Waals surface area contributed by atoms with Gasteiger partial charge in [0.05, 0.1) is 11.4 Å². The molecular weight excluding hydrogens is 378 g/mol. The normalized spacial score (nSPS) is 15.8. The van der Waals surface area contributed by atoms with Gasteiger partial charge in [0.2, 0.25) is 21.7 Å². The second-order valence-electron chi connectivity index (χ2n) is 7.00. The molecule has 28 heavy (non-hydrogen) atoms. The lowest BCUT2D eigenvalue weighted by atomic mass is 10.2. The molecule has 0 unspecified atom stereocenters. The van der Waals surface area contributed by atoms with Crippen molar-refractivity contribution in [2.24, 2.45) is 0 Å². The van der Waals surface area contributed by atoms with Crippen LogP contribution in [0, 0.1) is 13.8 Å². The topological polar surface area (TPSA) is 94.1 Å². The first kappa shape index (κ1) is 18.8. The van der Waals surface area contributed by atoms with Crippen LogP contribution in [0.3, 0.4) is 0 Å². The molecule has 148 valence electrons. The van der Waals surface area contributed by atoms with Crippen LogP contribution < -0.4 is 0 Å². The monoisotopic (exact) mass is 401 g/mol. The first-order chi connectivity index (χ1) is 13.5. The molecular formula is C19H23N5O3S. The van der Waals surface area contributed by atoms with Crippen molar-refractivity contribution >= 4 is 10.0 Å². The number of rotatable bonds is 5. The van der Waals surface area contributed by atoms with Crippen molar-refractivity contribution in [3.05, 3.63) is 47.6 Å². The van der Waals surface area contributed by atoms with Gasteiger partial charge in [-0.15, -0.1) is 0 Å². The Morgan fingerprint density at radius 3 is 2.50 bits per heavy atom. The van der Waals surface area contributed by atoms with Crippen LogP contribution in [-0.2, 0) is 16.6 Å². The molecule has 1 aromatic carbocycles. The van der Waals surface area contributed by atoms with E-state index in [1.807, 2.05) is 30.3 Å². The summed E-state index contributed by atoms with van der Waals surface area (Å²) in [6.07, 6.45) is 2.87. The summed E-state index contributed by atoms with van der Waals surface area (Å²) >= 11 is 0. The summed E-state index contributed by atoms with van der Waals surface area (Å²) in [5, 5.41) is 8.44. The van der Waals surface area contributed by atoms with E-state index < -0.39 is 10.0 Å². The molecule has 2 aromatic heterocycles. The molecule has 4 rings (SSSR count). The van der Waals surface area contributed by atoms with Gasteiger partial charge in [-0.3, -0.25) is 4.68 Å². The predicted molar refractivity (Wildman–Crippen MR) is 103 cm³/mol. The maximum absolute atomic E-state index is 13.1. The second kappa shape index (κ2) is 7.48. The van der Waals surface area contributed by atoms with Gasteiger partial charge in [-0.25, -0.2) is 8.42 Å². The lowest BCUT2D eigenvalue weighted by Crippen LogP contribution is -2.36. The number of aromatic nitrogens is 4. The number of sulfonamides is 1. The molecule has 3 aromatic rings. The van der Waals surface area contributed by atoms with Gasteiger partial charge in [-0.1, -0.05) is 41.9 Å². The standard InChI is InChI=1S/C19H23N5O3S/c1-14-18(28(25,26)23-11-7-4-8-12-23)15(2)24(21-14)13-17-20-19(22-27-17)16-9-5-3-6-10-16/h3,5-6,9-10H,4,7-8,11-13H2,1-2H3. The fourth-order valence-corrected chi connectivity index (χ4v) is 5.48. The summed E-state index contributed by atoms with van der Waals surface area (Å²) in [4.78, 5) is 4.70. The predicted octanol–water partition coefficient (Wildman–Crippen LogP) is 2.77. The average Bonchev–Trinajstić information content (AvgIpc) is 3.28. The minimum atomic E-state index is -3.55. The van der Waals surface area contributed by atoms with E-state index in [0.29, 0.717) is 36.2 Å². The molecule has 3 heterocycles. The molecule has 0 atom stereocenters. The Hall–Kier alpha value is -2.52. The third kappa shape index (κ3) is 3.47. The molecule has 0 saturated carbocycles. The molecule has 1 fully saturated rings. The van der Waals surface area contributed by atoms with E-state index in [0.717, 1.165) is 24.8 Å². The summed E-state index contributed by atoms with van der Waals surface area (Å²) in [5.41, 5.74) is 1.94. The van der Waals surface area contributed by atoms with Gasteiger partial charge in [-0.05, 0) is 26.7 Å². The fourth-order valence-electron chi connectivity index (χ4n) is 3.59. The Bertz CT molecular complexity index is 1070. The van der Waals surface area contributed by atoms with Crippen molar-refractivity contribution in [3.63, 3.8) is 0 Å². The maximum atomic E-state index is 13.1. The number of nitrogens with zero attached hydrogens (tertiary/aromatic N) is 5. The zero-order valence-corrected chi connectivity index (χ0v) is 16.8. The molecule has 0 radical (unpaired) electrons. The quantitative estimate of drug-likeness (QED) is 0.652. The van der Waals surface area contributed by atoms with Gasteiger partial charge >= 0.3 is 0 Å². The van der Waals surface area contributed by atoms with Crippen LogP contribution in [0.15, 0.2) is 39.8 Å². The third-order valence-corrected chi connectivity index (χ3v) is 7.16. The minimum Gasteiger partial charge on any atom is -0.337 e. The molecule has 1 saturated heterocycles. The summed E-state index contributed by atoms with van der Waals surface area (Å²) < 4.78 is 34.7. The number of hydrogen-bond acceptors (Lipinski definition) is 6. The Morgan fingerprint density at radius 1 is 1.07 bits per heavy atom. The zero-order chi connectivity index (χ0) is 19.7. The SMILES string of the molecule is Cc1nn(Cc2nc(-c3ccccc3)no2)c(C)c1S(=O)(=O)N1CCCCC1. The first-order valence-corrected chi connectivity index (χ1v) is 10.8. The molecule has 1 aliphatic heterocycles. The van der Waals surface area contributed by atoms with Crippen molar-refractivity contribution in [3.8, 4) is 11.4 Å². The van der Waals surface area contributed by atoms with Gasteiger partial charge in [0.1, 0.15) is 11.4 Å². The number of piperidine rings is 1. The molecule has 0 aliphatic carbocycles. The fraction of sp³-hybridized carbons (Fsp3) is 0.421. The Morgan fingerprint density at radius 2 is 1.79 bits per heavy atom. The van der Waals surface area contributed by atoms with Gasteiger partial charge in [0.25, 0.3) is 0 Å². The zero-order valence-electron chi connectivity index (χ0n) is 16.0. The van der Waals surface area contributed by atoms with E-state index in [1.165, 1.54) is 0 Å². The minimum absolute atomic E-state index is 0.224. The first-order valence-electron chi connectivity index (χ1n) is 9.39. The van der Waals surface area contributed by atoms with E-state index in [-0.39, 0.29) is 11.4 Å². The summed E-state index contributed by atoms with van der Waals surface area (Å²) in [6.45, 7) is 4.85. The molecule has 8 nitrogen and oxygen atoms in total. The van der Waals surface area contributed by atoms with Crippen molar-refractivity contribution < 1.29 is 12.9 Å². The Kier molecular flexibility index (Phi) is 5.03. The van der Waals surface area contributed by atoms with Crippen LogP contribution in [-0.4, -0.2) is 45.7 Å². The number of aryl methyl sites for hydroxylation is 1. The summed E-state index contributed by atoms with van der Waals surface area (Å²) in [6, 6.07) is 9.54. The van der Waals surface area contributed by atoms with Crippen molar-refractivity contribution in [2.75, 3.05) is 13.1 Å². The van der Waals surface area contributed by atoms with E-state index in [4.69, 9.17) is 4.52 Å².